The largest absolute Gasteiger partial charge is 0.405 e. The van der Waals surface area contributed by atoms with E-state index in [4.69, 9.17) is 0 Å². The van der Waals surface area contributed by atoms with Gasteiger partial charge in [-0.3, -0.25) is 19.8 Å². The molecule has 1 fully saturated rings. The van der Waals surface area contributed by atoms with Gasteiger partial charge >= 0.3 is 12.2 Å². The first-order chi connectivity index (χ1) is 13.7. The standard InChI is InChI=1S/C19H25F3N4O3/c20-19(21,22)13-23-18(29)25-17(28)12-26-10-8-15(9-11-26)24-16(27)7-6-14-4-2-1-3-5-14/h1-5,15H,6-13H2,(H,24,27)(H2,23,25,28,29). The van der Waals surface area contributed by atoms with Crippen molar-refractivity contribution >= 4 is 17.8 Å². The van der Waals surface area contributed by atoms with Gasteiger partial charge in [-0.2, -0.15) is 13.2 Å². The summed E-state index contributed by atoms with van der Waals surface area (Å²) in [5.74, 6) is -0.693. The van der Waals surface area contributed by atoms with E-state index in [0.29, 0.717) is 38.8 Å². The zero-order chi connectivity index (χ0) is 21.3. The first-order valence-corrected chi connectivity index (χ1v) is 9.41. The lowest BCUT2D eigenvalue weighted by Crippen LogP contribution is -2.50. The van der Waals surface area contributed by atoms with Crippen LogP contribution in [0.25, 0.3) is 0 Å². The average Bonchev–Trinajstić information content (AvgIpc) is 2.66. The van der Waals surface area contributed by atoms with Crippen LogP contribution < -0.4 is 16.0 Å². The summed E-state index contributed by atoms with van der Waals surface area (Å²) in [4.78, 5) is 36.9. The van der Waals surface area contributed by atoms with Crippen LogP contribution in [-0.2, 0) is 16.0 Å². The minimum atomic E-state index is -4.53. The molecule has 7 nitrogen and oxygen atoms in total. The molecule has 0 aromatic heterocycles. The predicted octanol–water partition coefficient (Wildman–Crippen LogP) is 1.59. The van der Waals surface area contributed by atoms with Crippen molar-refractivity contribution in [2.24, 2.45) is 0 Å². The number of benzene rings is 1. The molecule has 10 heteroatoms. The van der Waals surface area contributed by atoms with Crippen LogP contribution in [0, 0.1) is 0 Å². The Morgan fingerprint density at radius 2 is 1.69 bits per heavy atom. The van der Waals surface area contributed by atoms with Crippen molar-refractivity contribution < 1.29 is 27.6 Å². The van der Waals surface area contributed by atoms with Gasteiger partial charge in [0, 0.05) is 25.6 Å². The Kier molecular flexibility index (Phi) is 8.44. The number of hydrogen-bond donors (Lipinski definition) is 3. The second kappa shape index (κ2) is 10.8. The van der Waals surface area contributed by atoms with E-state index in [1.807, 2.05) is 35.6 Å². The molecule has 4 amide bonds. The molecule has 0 aliphatic carbocycles. The molecule has 0 bridgehead atoms. The maximum Gasteiger partial charge on any atom is 0.405 e. The van der Waals surface area contributed by atoms with Crippen molar-refractivity contribution in [3.05, 3.63) is 35.9 Å². The molecule has 0 atom stereocenters. The quantitative estimate of drug-likeness (QED) is 0.632. The zero-order valence-electron chi connectivity index (χ0n) is 15.9. The lowest BCUT2D eigenvalue weighted by Gasteiger charge is -2.31. The van der Waals surface area contributed by atoms with Crippen LogP contribution in [0.5, 0.6) is 0 Å². The molecule has 3 N–H and O–H groups in total. The Morgan fingerprint density at radius 3 is 2.31 bits per heavy atom. The molecule has 2 rings (SSSR count). The molecule has 0 spiro atoms. The number of imide groups is 1. The predicted molar refractivity (Wildman–Crippen MR) is 100.0 cm³/mol. The summed E-state index contributed by atoms with van der Waals surface area (Å²) in [6.45, 7) is -0.502. The molecule has 1 aliphatic heterocycles. The number of aryl methyl sites for hydroxylation is 1. The Labute approximate surface area is 167 Å². The van der Waals surface area contributed by atoms with Crippen LogP contribution in [-0.4, -0.2) is 61.1 Å². The van der Waals surface area contributed by atoms with E-state index in [0.717, 1.165) is 5.56 Å². The monoisotopic (exact) mass is 414 g/mol. The molecule has 0 radical (unpaired) electrons. The van der Waals surface area contributed by atoms with Gasteiger partial charge in [0.25, 0.3) is 0 Å². The number of nitrogens with one attached hydrogen (secondary N) is 3. The highest BCUT2D eigenvalue weighted by Crippen LogP contribution is 2.12. The van der Waals surface area contributed by atoms with E-state index in [1.165, 1.54) is 0 Å². The summed E-state index contributed by atoms with van der Waals surface area (Å²) < 4.78 is 36.1. The van der Waals surface area contributed by atoms with Gasteiger partial charge in [0.2, 0.25) is 11.8 Å². The van der Waals surface area contributed by atoms with Crippen LogP contribution in [0.1, 0.15) is 24.8 Å². The van der Waals surface area contributed by atoms with Gasteiger partial charge in [-0.05, 0) is 24.8 Å². The molecule has 0 unspecified atom stereocenters. The molecular weight excluding hydrogens is 389 g/mol. The van der Waals surface area contributed by atoms with Crippen LogP contribution in [0.2, 0.25) is 0 Å². The van der Waals surface area contributed by atoms with Crippen molar-refractivity contribution in [1.29, 1.82) is 0 Å². The Morgan fingerprint density at radius 1 is 1.03 bits per heavy atom. The fourth-order valence-corrected chi connectivity index (χ4v) is 3.03. The highest BCUT2D eigenvalue weighted by molar-refractivity contribution is 5.95. The van der Waals surface area contributed by atoms with E-state index in [9.17, 15) is 27.6 Å². The van der Waals surface area contributed by atoms with Gasteiger partial charge in [0.15, 0.2) is 0 Å². The van der Waals surface area contributed by atoms with Crippen molar-refractivity contribution in [3.63, 3.8) is 0 Å². The Bertz CT molecular complexity index is 690. The maximum atomic E-state index is 12.1. The third kappa shape index (κ3) is 9.42. The smallest absolute Gasteiger partial charge is 0.353 e. The Balaban J connectivity index is 1.61. The number of hydrogen-bond acceptors (Lipinski definition) is 4. The molecule has 160 valence electrons. The summed E-state index contributed by atoms with van der Waals surface area (Å²) in [7, 11) is 0. The van der Waals surface area contributed by atoms with Crippen molar-refractivity contribution in [2.75, 3.05) is 26.2 Å². The number of piperidine rings is 1. The van der Waals surface area contributed by atoms with Crippen molar-refractivity contribution in [2.45, 2.75) is 37.9 Å². The maximum absolute atomic E-state index is 12.1. The number of urea groups is 1. The minimum Gasteiger partial charge on any atom is -0.353 e. The molecule has 1 aromatic rings. The molecule has 1 heterocycles. The molecule has 1 aromatic carbocycles. The average molecular weight is 414 g/mol. The van der Waals surface area contributed by atoms with Crippen LogP contribution in [0.3, 0.4) is 0 Å². The lowest BCUT2D eigenvalue weighted by molar-refractivity contribution is -0.125. The van der Waals surface area contributed by atoms with E-state index in [1.54, 1.807) is 10.2 Å². The molecule has 1 aliphatic rings. The van der Waals surface area contributed by atoms with Crippen LogP contribution >= 0.6 is 0 Å². The topological polar surface area (TPSA) is 90.5 Å². The fraction of sp³-hybridized carbons (Fsp3) is 0.526. The number of likely N-dealkylation sites (tertiary alicyclic amines) is 1. The highest BCUT2D eigenvalue weighted by Gasteiger charge is 2.28. The summed E-state index contributed by atoms with van der Waals surface area (Å²) >= 11 is 0. The van der Waals surface area contributed by atoms with Crippen molar-refractivity contribution in [3.8, 4) is 0 Å². The van der Waals surface area contributed by atoms with Gasteiger partial charge in [0.1, 0.15) is 6.54 Å². The lowest BCUT2D eigenvalue weighted by atomic mass is 10.0. The van der Waals surface area contributed by atoms with Gasteiger partial charge < -0.3 is 10.6 Å². The molecule has 0 saturated carbocycles. The fourth-order valence-electron chi connectivity index (χ4n) is 3.03. The van der Waals surface area contributed by atoms with Gasteiger partial charge in [0.05, 0.1) is 6.54 Å². The highest BCUT2D eigenvalue weighted by atomic mass is 19.4. The van der Waals surface area contributed by atoms with E-state index in [2.05, 4.69) is 5.32 Å². The summed E-state index contributed by atoms with van der Waals surface area (Å²) in [6.07, 6.45) is -2.15. The third-order valence-corrected chi connectivity index (χ3v) is 4.51. The minimum absolute atomic E-state index is 0.0210. The Hall–Kier alpha value is -2.62. The van der Waals surface area contributed by atoms with E-state index >= 15 is 0 Å². The van der Waals surface area contributed by atoms with Crippen molar-refractivity contribution in [1.82, 2.24) is 20.9 Å². The third-order valence-electron chi connectivity index (χ3n) is 4.51. The number of alkyl halides is 3. The van der Waals surface area contributed by atoms with Crippen LogP contribution in [0.15, 0.2) is 30.3 Å². The van der Waals surface area contributed by atoms with Gasteiger partial charge in [-0.15, -0.1) is 0 Å². The van der Waals surface area contributed by atoms with E-state index in [-0.39, 0.29) is 18.5 Å². The van der Waals surface area contributed by atoms with Crippen LogP contribution in [0.4, 0.5) is 18.0 Å². The number of carbonyl (C=O) groups is 3. The summed E-state index contributed by atoms with van der Waals surface area (Å²) in [5.41, 5.74) is 1.10. The number of halogens is 3. The second-order valence-corrected chi connectivity index (χ2v) is 6.95. The number of amides is 4. The molecular formula is C19H25F3N4O3. The second-order valence-electron chi connectivity index (χ2n) is 6.95. The summed E-state index contributed by atoms with van der Waals surface area (Å²) in [5, 5.41) is 6.45. The molecule has 1 saturated heterocycles. The SMILES string of the molecule is O=C(CN1CCC(NC(=O)CCc2ccccc2)CC1)NC(=O)NCC(F)(F)F. The summed E-state index contributed by atoms with van der Waals surface area (Å²) in [6, 6.07) is 8.58. The van der Waals surface area contributed by atoms with Gasteiger partial charge in [-0.1, -0.05) is 30.3 Å². The number of nitrogens with zero attached hydrogens (tertiary/aromatic N) is 1. The number of rotatable bonds is 7. The molecule has 29 heavy (non-hydrogen) atoms. The zero-order valence-corrected chi connectivity index (χ0v) is 15.9. The van der Waals surface area contributed by atoms with E-state index < -0.39 is 24.7 Å². The number of carbonyl (C=O) groups excluding carboxylic acids is 3. The van der Waals surface area contributed by atoms with Gasteiger partial charge in [-0.25, -0.2) is 4.79 Å². The first kappa shape index (κ1) is 22.7. The first-order valence-electron chi connectivity index (χ1n) is 9.41. The normalized spacial score (nSPS) is 15.6.